The lowest BCUT2D eigenvalue weighted by Gasteiger charge is -2.28. The molecule has 0 bridgehead atoms. The molecule has 2 N–H and O–H groups in total. The summed E-state index contributed by atoms with van der Waals surface area (Å²) in [6.07, 6.45) is 0.832. The smallest absolute Gasteiger partial charge is 0.318 e. The molecule has 1 aromatic heterocycles. The minimum absolute atomic E-state index is 0.00732. The lowest BCUT2D eigenvalue weighted by Crippen LogP contribution is -2.41. The van der Waals surface area contributed by atoms with Gasteiger partial charge in [-0.25, -0.2) is 4.79 Å². The van der Waals surface area contributed by atoms with Gasteiger partial charge in [0.25, 0.3) is 0 Å². The van der Waals surface area contributed by atoms with Crippen molar-refractivity contribution in [3.05, 3.63) is 65.9 Å². The molecule has 1 atom stereocenters. The number of amides is 3. The van der Waals surface area contributed by atoms with E-state index in [0.717, 1.165) is 28.7 Å². The van der Waals surface area contributed by atoms with Crippen molar-refractivity contribution in [1.82, 2.24) is 10.2 Å². The summed E-state index contributed by atoms with van der Waals surface area (Å²) in [5.74, 6) is 0.533. The minimum atomic E-state index is -0.225. The van der Waals surface area contributed by atoms with Crippen LogP contribution in [0.5, 0.6) is 0 Å². The highest BCUT2D eigenvalue weighted by Crippen LogP contribution is 2.27. The van der Waals surface area contributed by atoms with Crippen LogP contribution in [0.15, 0.2) is 59.0 Å². The molecular formula is C24H29N3O4. The summed E-state index contributed by atoms with van der Waals surface area (Å²) < 4.78 is 10.8. The van der Waals surface area contributed by atoms with E-state index in [-0.39, 0.29) is 24.6 Å². The highest BCUT2D eigenvalue weighted by molar-refractivity contribution is 5.91. The number of anilines is 1. The molecule has 0 saturated carbocycles. The lowest BCUT2D eigenvalue weighted by molar-refractivity contribution is -0.119. The maximum Gasteiger partial charge on any atom is 0.318 e. The maximum atomic E-state index is 13.0. The molecule has 3 aromatic rings. The molecule has 1 unspecified atom stereocenters. The van der Waals surface area contributed by atoms with Crippen molar-refractivity contribution in [2.75, 3.05) is 25.6 Å². The van der Waals surface area contributed by atoms with Crippen LogP contribution >= 0.6 is 0 Å². The molecule has 0 aliphatic rings. The van der Waals surface area contributed by atoms with Crippen LogP contribution in [0.4, 0.5) is 10.5 Å². The minimum Gasteiger partial charge on any atom is -0.459 e. The number of rotatable bonds is 9. The quantitative estimate of drug-likeness (QED) is 0.522. The number of furan rings is 1. The summed E-state index contributed by atoms with van der Waals surface area (Å²) in [6.45, 7) is 4.96. The Morgan fingerprint density at radius 2 is 1.94 bits per heavy atom. The van der Waals surface area contributed by atoms with Crippen LogP contribution in [0.25, 0.3) is 11.0 Å². The fraction of sp³-hybridized carbons (Fsp3) is 0.333. The Balaban J connectivity index is 1.66. The van der Waals surface area contributed by atoms with Crippen molar-refractivity contribution in [2.45, 2.75) is 32.9 Å². The number of carbonyl (C=O) groups excluding carboxylic acids is 2. The second-order valence-electron chi connectivity index (χ2n) is 7.40. The summed E-state index contributed by atoms with van der Waals surface area (Å²) in [7, 11) is 1.47. The Morgan fingerprint density at radius 3 is 2.68 bits per heavy atom. The third kappa shape index (κ3) is 5.86. The van der Waals surface area contributed by atoms with Gasteiger partial charge in [-0.15, -0.1) is 0 Å². The molecule has 7 heteroatoms. The van der Waals surface area contributed by atoms with Crippen molar-refractivity contribution in [3.8, 4) is 0 Å². The first kappa shape index (κ1) is 22.4. The first-order chi connectivity index (χ1) is 15.0. The molecular weight excluding hydrogens is 394 g/mol. The number of nitrogens with one attached hydrogen (secondary N) is 2. The van der Waals surface area contributed by atoms with E-state index in [1.807, 2.05) is 62.4 Å². The number of urea groups is 1. The standard InChI is InChI=1S/C24H29N3O4/c1-4-12-27(17(2)22-14-19-9-5-6-11-21(19)31-22)24(29)25-15-18-8-7-10-20(13-18)26-23(28)16-30-3/h5-11,13-14,17H,4,12,15-16H2,1-3H3,(H,25,29)(H,26,28). The normalized spacial score (nSPS) is 11.8. The van der Waals surface area contributed by atoms with E-state index in [2.05, 4.69) is 10.6 Å². The zero-order valence-electron chi connectivity index (χ0n) is 18.2. The van der Waals surface area contributed by atoms with Gasteiger partial charge in [-0.2, -0.15) is 0 Å². The van der Waals surface area contributed by atoms with E-state index in [0.29, 0.717) is 18.8 Å². The van der Waals surface area contributed by atoms with Crippen molar-refractivity contribution in [1.29, 1.82) is 0 Å². The summed E-state index contributed by atoms with van der Waals surface area (Å²) in [5.41, 5.74) is 2.36. The van der Waals surface area contributed by atoms with Gasteiger partial charge in [-0.3, -0.25) is 4.79 Å². The predicted octanol–water partition coefficient (Wildman–Crippen LogP) is 4.70. The van der Waals surface area contributed by atoms with E-state index >= 15 is 0 Å². The Morgan fingerprint density at radius 1 is 1.13 bits per heavy atom. The summed E-state index contributed by atoms with van der Waals surface area (Å²) in [4.78, 5) is 26.5. The van der Waals surface area contributed by atoms with Crippen molar-refractivity contribution in [3.63, 3.8) is 0 Å². The van der Waals surface area contributed by atoms with Crippen LogP contribution in [0, 0.1) is 0 Å². The molecule has 0 radical (unpaired) electrons. The number of benzene rings is 2. The largest absolute Gasteiger partial charge is 0.459 e. The molecule has 31 heavy (non-hydrogen) atoms. The van der Waals surface area contributed by atoms with E-state index in [4.69, 9.17) is 9.15 Å². The first-order valence-corrected chi connectivity index (χ1v) is 10.4. The Labute approximate surface area is 182 Å². The molecule has 164 valence electrons. The van der Waals surface area contributed by atoms with Gasteiger partial charge in [0.05, 0.1) is 6.04 Å². The Hall–Kier alpha value is -3.32. The summed E-state index contributed by atoms with van der Waals surface area (Å²) in [5, 5.41) is 6.77. The fourth-order valence-corrected chi connectivity index (χ4v) is 3.44. The number of hydrogen-bond acceptors (Lipinski definition) is 4. The van der Waals surface area contributed by atoms with E-state index in [1.165, 1.54) is 7.11 Å². The number of hydrogen-bond donors (Lipinski definition) is 2. The fourth-order valence-electron chi connectivity index (χ4n) is 3.44. The van der Waals surface area contributed by atoms with E-state index < -0.39 is 0 Å². The second kappa shape index (κ2) is 10.6. The number of ether oxygens (including phenoxy) is 1. The van der Waals surface area contributed by atoms with Crippen LogP contribution in [-0.4, -0.2) is 37.1 Å². The van der Waals surface area contributed by atoms with Gasteiger partial charge in [-0.05, 0) is 43.2 Å². The Bertz CT molecular complexity index is 997. The van der Waals surface area contributed by atoms with Crippen molar-refractivity contribution in [2.24, 2.45) is 0 Å². The molecule has 1 heterocycles. The van der Waals surface area contributed by atoms with E-state index in [1.54, 1.807) is 11.0 Å². The number of para-hydroxylation sites is 1. The average Bonchev–Trinajstić information content (AvgIpc) is 3.20. The topological polar surface area (TPSA) is 83.8 Å². The van der Waals surface area contributed by atoms with Crippen molar-refractivity contribution >= 4 is 28.6 Å². The first-order valence-electron chi connectivity index (χ1n) is 10.4. The van der Waals surface area contributed by atoms with Gasteiger partial charge in [-0.1, -0.05) is 37.3 Å². The molecule has 3 amide bonds. The highest BCUT2D eigenvalue weighted by Gasteiger charge is 2.23. The van der Waals surface area contributed by atoms with Crippen LogP contribution in [-0.2, 0) is 16.1 Å². The second-order valence-corrected chi connectivity index (χ2v) is 7.40. The van der Waals surface area contributed by atoms with Gasteiger partial charge in [0.1, 0.15) is 18.0 Å². The third-order valence-electron chi connectivity index (χ3n) is 4.98. The monoisotopic (exact) mass is 423 g/mol. The van der Waals surface area contributed by atoms with Gasteiger partial charge in [0, 0.05) is 31.3 Å². The van der Waals surface area contributed by atoms with Crippen molar-refractivity contribution < 1.29 is 18.7 Å². The zero-order valence-corrected chi connectivity index (χ0v) is 18.2. The molecule has 0 aliphatic carbocycles. The van der Waals surface area contributed by atoms with Gasteiger partial charge < -0.3 is 24.7 Å². The molecule has 0 fully saturated rings. The zero-order chi connectivity index (χ0) is 22.2. The van der Waals surface area contributed by atoms with Gasteiger partial charge in [0.2, 0.25) is 5.91 Å². The SMILES string of the molecule is CCCN(C(=O)NCc1cccc(NC(=O)COC)c1)C(C)c1cc2ccccc2o1. The van der Waals surface area contributed by atoms with Crippen LogP contribution in [0.1, 0.15) is 37.6 Å². The average molecular weight is 424 g/mol. The van der Waals surface area contributed by atoms with Gasteiger partial charge >= 0.3 is 6.03 Å². The third-order valence-corrected chi connectivity index (χ3v) is 4.98. The maximum absolute atomic E-state index is 13.0. The molecule has 0 aliphatic heterocycles. The molecule has 3 rings (SSSR count). The lowest BCUT2D eigenvalue weighted by atomic mass is 10.2. The summed E-state index contributed by atoms with van der Waals surface area (Å²) >= 11 is 0. The summed E-state index contributed by atoms with van der Waals surface area (Å²) in [6, 6.07) is 16.8. The van der Waals surface area contributed by atoms with E-state index in [9.17, 15) is 9.59 Å². The number of fused-ring (bicyclic) bond motifs is 1. The van der Waals surface area contributed by atoms with Crippen LogP contribution < -0.4 is 10.6 Å². The number of methoxy groups -OCH3 is 1. The highest BCUT2D eigenvalue weighted by atomic mass is 16.5. The van der Waals surface area contributed by atoms with Crippen LogP contribution in [0.2, 0.25) is 0 Å². The molecule has 2 aromatic carbocycles. The predicted molar refractivity (Wildman–Crippen MR) is 121 cm³/mol. The number of carbonyl (C=O) groups is 2. The molecule has 7 nitrogen and oxygen atoms in total. The number of nitrogens with zero attached hydrogens (tertiary/aromatic N) is 1. The molecule has 0 spiro atoms. The van der Waals surface area contributed by atoms with Crippen LogP contribution in [0.3, 0.4) is 0 Å². The molecule has 0 saturated heterocycles. The van der Waals surface area contributed by atoms with Gasteiger partial charge in [0.15, 0.2) is 0 Å². The Kier molecular flexibility index (Phi) is 7.67.